The number of alkyl carbamates (subject to hydrolysis) is 1. The number of fused-ring (bicyclic) bond motifs is 3. The summed E-state index contributed by atoms with van der Waals surface area (Å²) in [6.07, 6.45) is 0.753. The minimum absolute atomic E-state index is 0.0102. The van der Waals surface area contributed by atoms with Crippen molar-refractivity contribution in [2.45, 2.75) is 38.1 Å². The van der Waals surface area contributed by atoms with Crippen LogP contribution < -0.4 is 5.32 Å². The molecule has 2 atom stereocenters. The number of esters is 1. The van der Waals surface area contributed by atoms with E-state index < -0.39 is 17.6 Å². The summed E-state index contributed by atoms with van der Waals surface area (Å²) in [6.45, 7) is 4.21. The van der Waals surface area contributed by atoms with E-state index in [0.717, 1.165) is 17.5 Å². The topological polar surface area (TPSA) is 64.6 Å². The van der Waals surface area contributed by atoms with Crippen LogP contribution in [-0.4, -0.2) is 31.3 Å². The summed E-state index contributed by atoms with van der Waals surface area (Å²) in [5.41, 5.74) is 3.39. The average Bonchev–Trinajstić information content (AvgIpc) is 3.19. The molecule has 0 unspecified atom stereocenters. The van der Waals surface area contributed by atoms with Gasteiger partial charge in [-0.25, -0.2) is 9.59 Å². The van der Waals surface area contributed by atoms with Gasteiger partial charge < -0.3 is 14.8 Å². The SMILES string of the molecule is CC[C@@]1(C)C[C@]1(NC(=O)OCC1c2ccccc2-c2ccccc21)C(=O)OC. The second-order valence-electron chi connectivity index (χ2n) is 7.94. The lowest BCUT2D eigenvalue weighted by molar-refractivity contribution is -0.145. The predicted octanol–water partition coefficient (Wildman–Crippen LogP) is 4.26. The number of benzene rings is 2. The van der Waals surface area contributed by atoms with Gasteiger partial charge in [0.1, 0.15) is 12.1 Å². The number of carbonyl (C=O) groups excluding carboxylic acids is 2. The smallest absolute Gasteiger partial charge is 0.408 e. The van der Waals surface area contributed by atoms with Crippen LogP contribution in [0.3, 0.4) is 0 Å². The van der Waals surface area contributed by atoms with Crippen molar-refractivity contribution in [1.82, 2.24) is 5.32 Å². The van der Waals surface area contributed by atoms with Gasteiger partial charge in [0.25, 0.3) is 0 Å². The van der Waals surface area contributed by atoms with Gasteiger partial charge in [0.05, 0.1) is 7.11 Å². The standard InChI is InChI=1S/C23H25NO4/c1-4-22(2)14-23(22,20(25)27-3)24-21(26)28-13-19-17-11-7-5-9-15(17)16-10-6-8-12-18(16)19/h5-12,19H,4,13-14H2,1-3H3,(H,24,26)/t22-,23-/m0/s1. The van der Waals surface area contributed by atoms with Crippen LogP contribution in [0.2, 0.25) is 0 Å². The number of methoxy groups -OCH3 is 1. The van der Waals surface area contributed by atoms with Gasteiger partial charge in [0, 0.05) is 11.3 Å². The van der Waals surface area contributed by atoms with Crippen LogP contribution >= 0.6 is 0 Å². The first-order valence-corrected chi connectivity index (χ1v) is 9.67. The van der Waals surface area contributed by atoms with Gasteiger partial charge in [0.2, 0.25) is 0 Å². The average molecular weight is 379 g/mol. The Morgan fingerprint density at radius 3 is 2.14 bits per heavy atom. The second kappa shape index (κ2) is 6.66. The van der Waals surface area contributed by atoms with E-state index in [1.807, 2.05) is 38.1 Å². The van der Waals surface area contributed by atoms with Crippen molar-refractivity contribution >= 4 is 12.1 Å². The van der Waals surface area contributed by atoms with E-state index in [-0.39, 0.29) is 17.9 Å². The van der Waals surface area contributed by atoms with E-state index in [0.29, 0.717) is 6.42 Å². The van der Waals surface area contributed by atoms with E-state index in [1.54, 1.807) is 0 Å². The molecule has 0 heterocycles. The van der Waals surface area contributed by atoms with Gasteiger partial charge in [-0.15, -0.1) is 0 Å². The molecule has 1 amide bonds. The fourth-order valence-corrected chi connectivity index (χ4v) is 4.52. The molecule has 5 nitrogen and oxygen atoms in total. The molecule has 28 heavy (non-hydrogen) atoms. The monoisotopic (exact) mass is 379 g/mol. The maximum absolute atomic E-state index is 12.6. The number of rotatable bonds is 5. The molecule has 0 aromatic heterocycles. The zero-order valence-corrected chi connectivity index (χ0v) is 16.5. The van der Waals surface area contributed by atoms with Crippen molar-refractivity contribution in [3.05, 3.63) is 59.7 Å². The van der Waals surface area contributed by atoms with Crippen molar-refractivity contribution in [3.8, 4) is 11.1 Å². The van der Waals surface area contributed by atoms with Crippen LogP contribution in [0, 0.1) is 5.41 Å². The Bertz CT molecular complexity index is 894. The van der Waals surface area contributed by atoms with Crippen LogP contribution in [0.5, 0.6) is 0 Å². The number of nitrogens with one attached hydrogen (secondary N) is 1. The van der Waals surface area contributed by atoms with E-state index in [1.165, 1.54) is 18.2 Å². The van der Waals surface area contributed by atoms with Gasteiger partial charge in [-0.2, -0.15) is 0 Å². The fraction of sp³-hybridized carbons (Fsp3) is 0.391. The quantitative estimate of drug-likeness (QED) is 0.789. The minimum Gasteiger partial charge on any atom is -0.467 e. The number of ether oxygens (including phenoxy) is 2. The highest BCUT2D eigenvalue weighted by atomic mass is 16.6. The van der Waals surface area contributed by atoms with Crippen LogP contribution in [-0.2, 0) is 14.3 Å². The maximum Gasteiger partial charge on any atom is 0.408 e. The van der Waals surface area contributed by atoms with Gasteiger partial charge in [-0.1, -0.05) is 62.4 Å². The maximum atomic E-state index is 12.6. The van der Waals surface area contributed by atoms with Crippen molar-refractivity contribution in [1.29, 1.82) is 0 Å². The third kappa shape index (κ3) is 2.68. The van der Waals surface area contributed by atoms with Crippen LogP contribution in [0.15, 0.2) is 48.5 Å². The molecule has 0 bridgehead atoms. The normalized spacial score (nSPS) is 24.8. The zero-order valence-electron chi connectivity index (χ0n) is 16.5. The summed E-state index contributed by atoms with van der Waals surface area (Å²) in [4.78, 5) is 24.9. The van der Waals surface area contributed by atoms with Crippen molar-refractivity contribution < 1.29 is 19.1 Å². The molecule has 4 rings (SSSR count). The van der Waals surface area contributed by atoms with Crippen molar-refractivity contribution in [3.63, 3.8) is 0 Å². The Labute approximate surface area is 165 Å². The molecule has 5 heteroatoms. The Kier molecular flexibility index (Phi) is 4.41. The van der Waals surface area contributed by atoms with Crippen molar-refractivity contribution in [2.75, 3.05) is 13.7 Å². The molecule has 146 valence electrons. The Hall–Kier alpha value is -2.82. The molecule has 2 aliphatic carbocycles. The largest absolute Gasteiger partial charge is 0.467 e. The van der Waals surface area contributed by atoms with Gasteiger partial charge in [-0.3, -0.25) is 0 Å². The third-order valence-electron chi connectivity index (χ3n) is 6.53. The number of carbonyl (C=O) groups is 2. The first-order chi connectivity index (χ1) is 13.5. The van der Waals surface area contributed by atoms with Gasteiger partial charge >= 0.3 is 12.1 Å². The summed E-state index contributed by atoms with van der Waals surface area (Å²) in [5.74, 6) is -0.422. The Morgan fingerprint density at radius 1 is 1.07 bits per heavy atom. The second-order valence-corrected chi connectivity index (χ2v) is 7.94. The van der Waals surface area contributed by atoms with Crippen LogP contribution in [0.1, 0.15) is 43.7 Å². The fourth-order valence-electron chi connectivity index (χ4n) is 4.52. The molecule has 1 N–H and O–H groups in total. The molecule has 0 saturated heterocycles. The highest BCUT2D eigenvalue weighted by molar-refractivity contribution is 5.90. The highest BCUT2D eigenvalue weighted by Gasteiger charge is 2.70. The summed E-state index contributed by atoms with van der Waals surface area (Å²) in [6, 6.07) is 16.4. The molecule has 0 radical (unpaired) electrons. The predicted molar refractivity (Wildman–Crippen MR) is 106 cm³/mol. The lowest BCUT2D eigenvalue weighted by Crippen LogP contribution is -2.48. The van der Waals surface area contributed by atoms with E-state index >= 15 is 0 Å². The van der Waals surface area contributed by atoms with Crippen molar-refractivity contribution in [2.24, 2.45) is 5.41 Å². The molecule has 2 aromatic rings. The van der Waals surface area contributed by atoms with Gasteiger partial charge in [-0.05, 0) is 35.1 Å². The molecule has 0 spiro atoms. The Balaban J connectivity index is 1.49. The summed E-state index contributed by atoms with van der Waals surface area (Å²) >= 11 is 0. The highest BCUT2D eigenvalue weighted by Crippen LogP contribution is 2.59. The zero-order chi connectivity index (χ0) is 19.9. The molecule has 0 aliphatic heterocycles. The van der Waals surface area contributed by atoms with Gasteiger partial charge in [0.15, 0.2) is 0 Å². The number of amides is 1. The molecular weight excluding hydrogens is 354 g/mol. The summed E-state index contributed by atoms with van der Waals surface area (Å²) in [5, 5.41) is 2.80. The lowest BCUT2D eigenvalue weighted by Gasteiger charge is -2.22. The lowest BCUT2D eigenvalue weighted by atomic mass is 9.98. The molecular formula is C23H25NO4. The molecule has 2 aromatic carbocycles. The van der Waals surface area contributed by atoms with Crippen LogP contribution in [0.4, 0.5) is 4.79 Å². The summed E-state index contributed by atoms with van der Waals surface area (Å²) < 4.78 is 10.5. The van der Waals surface area contributed by atoms with E-state index in [2.05, 4.69) is 29.6 Å². The molecule has 2 aliphatic rings. The van der Waals surface area contributed by atoms with E-state index in [4.69, 9.17) is 9.47 Å². The third-order valence-corrected chi connectivity index (χ3v) is 6.53. The number of hydrogen-bond acceptors (Lipinski definition) is 4. The molecule has 1 saturated carbocycles. The molecule has 1 fully saturated rings. The minimum atomic E-state index is -0.987. The first kappa shape index (κ1) is 18.5. The first-order valence-electron chi connectivity index (χ1n) is 9.67. The number of hydrogen-bond donors (Lipinski definition) is 1. The van der Waals surface area contributed by atoms with Crippen LogP contribution in [0.25, 0.3) is 11.1 Å². The summed E-state index contributed by atoms with van der Waals surface area (Å²) in [7, 11) is 1.35. The Morgan fingerprint density at radius 2 is 1.64 bits per heavy atom. The van der Waals surface area contributed by atoms with E-state index in [9.17, 15) is 9.59 Å².